The van der Waals surface area contributed by atoms with Crippen LogP contribution in [0.2, 0.25) is 0 Å². The largest absolute Gasteiger partial charge is 0.355 e. The average Bonchev–Trinajstić information content (AvgIpc) is 2.61. The van der Waals surface area contributed by atoms with Gasteiger partial charge in [0.15, 0.2) is 5.96 Å². The second-order valence-electron chi connectivity index (χ2n) is 7.02. The van der Waals surface area contributed by atoms with Crippen LogP contribution in [0.5, 0.6) is 0 Å². The highest BCUT2D eigenvalue weighted by molar-refractivity contribution is 14.0. The monoisotopic (exact) mass is 477 g/mol. The van der Waals surface area contributed by atoms with Crippen molar-refractivity contribution in [2.75, 3.05) is 46.8 Å². The smallest absolute Gasteiger partial charge is 0.191 e. The zero-order valence-electron chi connectivity index (χ0n) is 16.6. The molecule has 2 unspecified atom stereocenters. The fraction of sp³-hybridized carbons (Fsp3) is 0.632. The van der Waals surface area contributed by atoms with Crippen LogP contribution in [0.3, 0.4) is 0 Å². The molecule has 1 aliphatic heterocycles. The first-order chi connectivity index (χ1) is 11.9. The fourth-order valence-corrected chi connectivity index (χ4v) is 3.00. The zero-order chi connectivity index (χ0) is 18.4. The lowest BCUT2D eigenvalue weighted by atomic mass is 10.1. The molecule has 1 heterocycles. The molecule has 1 saturated heterocycles. The summed E-state index contributed by atoms with van der Waals surface area (Å²) in [5.41, 5.74) is 1.58. The van der Waals surface area contributed by atoms with E-state index in [0.717, 1.165) is 44.2 Å². The van der Waals surface area contributed by atoms with Crippen molar-refractivity contribution in [3.8, 4) is 0 Å². The second-order valence-corrected chi connectivity index (χ2v) is 7.02. The molecule has 26 heavy (non-hydrogen) atoms. The first-order valence-electron chi connectivity index (χ1n) is 9.06. The van der Waals surface area contributed by atoms with Crippen molar-refractivity contribution < 1.29 is 4.39 Å². The molecule has 0 amide bonds. The minimum Gasteiger partial charge on any atom is -0.355 e. The molecule has 1 aliphatic rings. The predicted molar refractivity (Wildman–Crippen MR) is 118 cm³/mol. The summed E-state index contributed by atoms with van der Waals surface area (Å²) in [5.74, 6) is 0.576. The first-order valence-corrected chi connectivity index (χ1v) is 9.06. The summed E-state index contributed by atoms with van der Waals surface area (Å²) < 4.78 is 13.8. The Morgan fingerprint density at radius 2 is 1.88 bits per heavy atom. The summed E-state index contributed by atoms with van der Waals surface area (Å²) in [5, 5.41) is 6.73. The highest BCUT2D eigenvalue weighted by atomic mass is 127. The molecular weight excluding hydrogens is 444 g/mol. The number of aliphatic imine (C=N–C) groups is 1. The summed E-state index contributed by atoms with van der Waals surface area (Å²) in [6.45, 7) is 11.3. The third kappa shape index (κ3) is 6.66. The number of benzene rings is 1. The lowest BCUT2D eigenvalue weighted by molar-refractivity contribution is 0.120. The number of piperazine rings is 1. The van der Waals surface area contributed by atoms with Gasteiger partial charge in [-0.3, -0.25) is 9.89 Å². The molecule has 0 bridgehead atoms. The maximum Gasteiger partial charge on any atom is 0.191 e. The number of nitrogens with zero attached hydrogens (tertiary/aromatic N) is 3. The molecule has 148 valence electrons. The number of likely N-dealkylation sites (N-methyl/N-ethyl adjacent to an activating group) is 1. The molecule has 0 aromatic heterocycles. The number of nitrogens with one attached hydrogen (secondary N) is 2. The summed E-state index contributed by atoms with van der Waals surface area (Å²) in [6.07, 6.45) is 0. The van der Waals surface area contributed by atoms with Gasteiger partial charge >= 0.3 is 0 Å². The summed E-state index contributed by atoms with van der Waals surface area (Å²) in [4.78, 5) is 9.16. The van der Waals surface area contributed by atoms with E-state index in [0.29, 0.717) is 11.6 Å². The summed E-state index contributed by atoms with van der Waals surface area (Å²) >= 11 is 0. The van der Waals surface area contributed by atoms with Crippen LogP contribution in [0.25, 0.3) is 0 Å². The Morgan fingerprint density at radius 3 is 2.46 bits per heavy atom. The van der Waals surface area contributed by atoms with Crippen LogP contribution in [0.1, 0.15) is 31.0 Å². The normalized spacial score (nSPS) is 18.8. The van der Waals surface area contributed by atoms with E-state index in [2.05, 4.69) is 39.4 Å². The van der Waals surface area contributed by atoms with E-state index in [-0.39, 0.29) is 35.8 Å². The SMILES string of the molecule is CN=C(NCC(C)N1CCN(C)CC1)NC(C)c1ccc(C)c(F)c1.I. The second kappa shape index (κ2) is 11.0. The van der Waals surface area contributed by atoms with E-state index in [4.69, 9.17) is 0 Å². The van der Waals surface area contributed by atoms with Gasteiger partial charge in [-0.05, 0) is 45.0 Å². The van der Waals surface area contributed by atoms with Crippen molar-refractivity contribution in [1.29, 1.82) is 0 Å². The molecule has 1 aromatic carbocycles. The Balaban J connectivity index is 0.00000338. The lowest BCUT2D eigenvalue weighted by Gasteiger charge is -2.36. The number of hydrogen-bond acceptors (Lipinski definition) is 3. The molecule has 7 heteroatoms. The van der Waals surface area contributed by atoms with E-state index < -0.39 is 0 Å². The van der Waals surface area contributed by atoms with E-state index in [9.17, 15) is 4.39 Å². The van der Waals surface area contributed by atoms with Gasteiger partial charge in [-0.1, -0.05) is 12.1 Å². The third-order valence-corrected chi connectivity index (χ3v) is 5.00. The van der Waals surface area contributed by atoms with Crippen LogP contribution in [0, 0.1) is 12.7 Å². The van der Waals surface area contributed by atoms with Crippen LogP contribution in [-0.4, -0.2) is 68.6 Å². The number of aryl methyl sites for hydroxylation is 1. The van der Waals surface area contributed by atoms with E-state index >= 15 is 0 Å². The highest BCUT2D eigenvalue weighted by Crippen LogP contribution is 2.16. The van der Waals surface area contributed by atoms with Crippen LogP contribution in [-0.2, 0) is 0 Å². The Kier molecular flexibility index (Phi) is 9.81. The van der Waals surface area contributed by atoms with Crippen molar-refractivity contribution in [3.05, 3.63) is 35.1 Å². The van der Waals surface area contributed by atoms with E-state index in [1.165, 1.54) is 0 Å². The fourth-order valence-electron chi connectivity index (χ4n) is 3.00. The third-order valence-electron chi connectivity index (χ3n) is 5.00. The van der Waals surface area contributed by atoms with Crippen molar-refractivity contribution in [3.63, 3.8) is 0 Å². The van der Waals surface area contributed by atoms with Crippen LogP contribution in [0.4, 0.5) is 4.39 Å². The molecule has 0 saturated carbocycles. The van der Waals surface area contributed by atoms with Crippen molar-refractivity contribution in [1.82, 2.24) is 20.4 Å². The minimum atomic E-state index is -0.169. The van der Waals surface area contributed by atoms with Crippen molar-refractivity contribution in [2.45, 2.75) is 32.9 Å². The van der Waals surface area contributed by atoms with Gasteiger partial charge in [-0.15, -0.1) is 24.0 Å². The van der Waals surface area contributed by atoms with Gasteiger partial charge in [-0.2, -0.15) is 0 Å². The topological polar surface area (TPSA) is 42.9 Å². The molecule has 1 aromatic rings. The van der Waals surface area contributed by atoms with Gasteiger partial charge in [0.2, 0.25) is 0 Å². The standard InChI is InChI=1S/C19H32FN5.HI/c1-14-6-7-17(12-18(14)20)16(3)23-19(21-4)22-13-15(2)25-10-8-24(5)9-11-25;/h6-7,12,15-16H,8-11,13H2,1-5H3,(H2,21,22,23);1H. The summed E-state index contributed by atoms with van der Waals surface area (Å²) in [6, 6.07) is 5.79. The molecule has 2 N–H and O–H groups in total. The van der Waals surface area contributed by atoms with Gasteiger partial charge in [0, 0.05) is 45.8 Å². The Hall–Kier alpha value is -0.930. The van der Waals surface area contributed by atoms with Crippen LogP contribution in [0.15, 0.2) is 23.2 Å². The molecule has 1 fully saturated rings. The number of hydrogen-bond donors (Lipinski definition) is 2. The molecule has 0 spiro atoms. The number of rotatable bonds is 5. The maximum absolute atomic E-state index is 13.8. The molecule has 0 aliphatic carbocycles. The molecule has 0 radical (unpaired) electrons. The average molecular weight is 477 g/mol. The molecular formula is C19H33FIN5. The highest BCUT2D eigenvalue weighted by Gasteiger charge is 2.19. The predicted octanol–water partition coefficient (Wildman–Crippen LogP) is 2.61. The van der Waals surface area contributed by atoms with Gasteiger partial charge < -0.3 is 15.5 Å². The van der Waals surface area contributed by atoms with E-state index in [1.807, 2.05) is 19.1 Å². The minimum absolute atomic E-state index is 0. The van der Waals surface area contributed by atoms with E-state index in [1.54, 1.807) is 20.0 Å². The van der Waals surface area contributed by atoms with Crippen molar-refractivity contribution in [2.24, 2.45) is 4.99 Å². The maximum atomic E-state index is 13.8. The Labute approximate surface area is 174 Å². The molecule has 2 rings (SSSR count). The number of guanidine groups is 1. The quantitative estimate of drug-likeness (QED) is 0.389. The Bertz CT molecular complexity index is 587. The zero-order valence-corrected chi connectivity index (χ0v) is 18.9. The Morgan fingerprint density at radius 1 is 1.23 bits per heavy atom. The first kappa shape index (κ1) is 23.1. The lowest BCUT2D eigenvalue weighted by Crippen LogP contribution is -2.52. The van der Waals surface area contributed by atoms with Gasteiger partial charge in [0.25, 0.3) is 0 Å². The van der Waals surface area contributed by atoms with Gasteiger partial charge in [0.05, 0.1) is 6.04 Å². The van der Waals surface area contributed by atoms with Gasteiger partial charge in [-0.25, -0.2) is 4.39 Å². The van der Waals surface area contributed by atoms with Crippen molar-refractivity contribution >= 4 is 29.9 Å². The molecule has 2 atom stereocenters. The van der Waals surface area contributed by atoms with Gasteiger partial charge in [0.1, 0.15) is 5.82 Å². The van der Waals surface area contributed by atoms with Crippen LogP contribution >= 0.6 is 24.0 Å². The number of halogens is 2. The molecule has 5 nitrogen and oxygen atoms in total. The van der Waals surface area contributed by atoms with Crippen LogP contribution < -0.4 is 10.6 Å². The summed E-state index contributed by atoms with van der Waals surface area (Å²) in [7, 11) is 3.93.